The Morgan fingerprint density at radius 1 is 0.667 bits per heavy atom. The molecule has 0 saturated heterocycles. The number of carbonyl (C=O) groups is 2. The quantitative estimate of drug-likeness (QED) is 0.107. The van der Waals surface area contributed by atoms with Crippen LogP contribution >= 0.6 is 58.8 Å². The van der Waals surface area contributed by atoms with Gasteiger partial charge in [0, 0.05) is 66.9 Å². The van der Waals surface area contributed by atoms with Gasteiger partial charge in [0.25, 0.3) is 0 Å². The van der Waals surface area contributed by atoms with Crippen LogP contribution in [-0.4, -0.2) is 122 Å². The standard InChI is InChI=1S/C25H21Cl2N9O2.C25H20Cl2N8O2.CH4.2ClH/c1-28-9-10-34(3)25(37)36-24-18(5-4-8-30-24)20(32-36)14-35-21-7-6-19(27)23(22(21)31-33-35)38-17-12-15(26)11-16(13-17)29-2;1-4-10-33(3)25(36)35-24-18(6-5-9-29-24)20(31-35)14-34-21-8-7-19(27)23(22(21)30-32-34)37-17-12-15(26)11-16(13-17)28-2;;;/h4-8,11-13,28H,9-10,14H2,1,3H3;5-9,11-13H,4,10,14H2,1,3H3;1H4;2*1H/p-1. The first-order valence-corrected chi connectivity index (χ1v) is 24.4. The molecule has 0 saturated carbocycles. The number of nitrogens with one attached hydrogen (secondary N) is 1. The molecule has 6 aromatic heterocycles. The lowest BCUT2D eigenvalue weighted by atomic mass is 10.2. The number of amides is 2. The van der Waals surface area contributed by atoms with Crippen LogP contribution in [0.1, 0.15) is 32.2 Å². The van der Waals surface area contributed by atoms with Gasteiger partial charge in [0.2, 0.25) is 0 Å². The minimum Gasteiger partial charge on any atom is -1.00 e. The van der Waals surface area contributed by atoms with Crippen molar-refractivity contribution in [3.05, 3.63) is 152 Å². The van der Waals surface area contributed by atoms with Crippen LogP contribution in [0.5, 0.6) is 23.0 Å². The highest BCUT2D eigenvalue weighted by molar-refractivity contribution is 6.34. The van der Waals surface area contributed by atoms with Gasteiger partial charge >= 0.3 is 12.1 Å². The van der Waals surface area contributed by atoms with Crippen LogP contribution in [0, 0.1) is 13.1 Å². The highest BCUT2D eigenvalue weighted by atomic mass is 35.5. The van der Waals surface area contributed by atoms with E-state index in [0.29, 0.717) is 107 Å². The predicted molar refractivity (Wildman–Crippen MR) is 299 cm³/mol. The van der Waals surface area contributed by atoms with Gasteiger partial charge < -0.3 is 37.0 Å². The van der Waals surface area contributed by atoms with E-state index in [0.717, 1.165) is 17.2 Å². The minimum atomic E-state index is -0.290. The lowest BCUT2D eigenvalue weighted by Crippen LogP contribution is -3.00. The molecule has 2 amide bonds. The van der Waals surface area contributed by atoms with E-state index < -0.39 is 0 Å². The zero-order valence-electron chi connectivity index (χ0n) is 41.1. The Morgan fingerprint density at radius 3 is 1.51 bits per heavy atom. The number of hydrogen-bond donors (Lipinski definition) is 1. The van der Waals surface area contributed by atoms with Gasteiger partial charge in [-0.25, -0.2) is 38.6 Å². The molecule has 0 unspecified atom stereocenters. The third kappa shape index (κ3) is 12.4. The lowest BCUT2D eigenvalue weighted by molar-refractivity contribution is -0.0000229. The second kappa shape index (κ2) is 26.0. The van der Waals surface area contributed by atoms with Crippen molar-refractivity contribution in [3.63, 3.8) is 0 Å². The van der Waals surface area contributed by atoms with Gasteiger partial charge in [-0.2, -0.15) is 19.6 Å². The van der Waals surface area contributed by atoms with Gasteiger partial charge in [-0.15, -0.1) is 22.6 Å². The first-order chi connectivity index (χ1) is 36.3. The third-order valence-corrected chi connectivity index (χ3v) is 12.5. The molecule has 0 aliphatic heterocycles. The number of halogens is 6. The highest BCUT2D eigenvalue weighted by Crippen LogP contribution is 2.40. The van der Waals surface area contributed by atoms with Crippen molar-refractivity contribution in [2.45, 2.75) is 33.9 Å². The summed E-state index contributed by atoms with van der Waals surface area (Å²) in [6.45, 7) is 18.7. The van der Waals surface area contributed by atoms with E-state index in [1.807, 2.05) is 26.1 Å². The van der Waals surface area contributed by atoms with E-state index in [1.165, 1.54) is 9.36 Å². The lowest BCUT2D eigenvalue weighted by Gasteiger charge is -2.16. The summed E-state index contributed by atoms with van der Waals surface area (Å²) in [5, 5.41) is 32.2. The molecular weight excluding hydrogens is 1130 g/mol. The van der Waals surface area contributed by atoms with Crippen molar-refractivity contribution in [1.29, 1.82) is 0 Å². The number of rotatable bonds is 13. The number of aromatic nitrogens is 12. The smallest absolute Gasteiger partial charge is 0.346 e. The Balaban J connectivity index is 0.000000243. The number of nitrogens with zero attached hydrogens (tertiary/aromatic N) is 16. The third-order valence-electron chi connectivity index (χ3n) is 11.5. The molecule has 402 valence electrons. The van der Waals surface area contributed by atoms with E-state index in [1.54, 1.807) is 118 Å². The second-order valence-electron chi connectivity index (χ2n) is 16.7. The minimum absolute atomic E-state index is 0. The molecule has 1 N–H and O–H groups in total. The van der Waals surface area contributed by atoms with Gasteiger partial charge in [-0.3, -0.25) is 0 Å². The fraction of sp³-hybridized carbons (Fsp3) is 0.216. The van der Waals surface area contributed by atoms with Gasteiger partial charge in [-0.05, 0) is 98.4 Å². The molecule has 0 radical (unpaired) electrons. The molecule has 0 bridgehead atoms. The zero-order chi connectivity index (χ0) is 52.9. The molecule has 10 aromatic rings. The average molecular weight is 1170 g/mol. The van der Waals surface area contributed by atoms with E-state index in [9.17, 15) is 9.59 Å². The Kier molecular flexibility index (Phi) is 19.8. The van der Waals surface area contributed by atoms with Gasteiger partial charge in [-0.1, -0.05) is 71.2 Å². The topological polar surface area (TPSA) is 203 Å². The predicted octanol–water partition coefficient (Wildman–Crippen LogP) is 9.24. The van der Waals surface area contributed by atoms with Crippen molar-refractivity contribution in [2.75, 3.05) is 40.8 Å². The highest BCUT2D eigenvalue weighted by Gasteiger charge is 2.24. The summed E-state index contributed by atoms with van der Waals surface area (Å²) in [6, 6.07) is 23.1. The summed E-state index contributed by atoms with van der Waals surface area (Å²) in [7, 11) is 5.28. The summed E-state index contributed by atoms with van der Waals surface area (Å²) in [5.41, 5.74) is 4.95. The van der Waals surface area contributed by atoms with E-state index in [-0.39, 0.29) is 68.9 Å². The molecule has 0 spiro atoms. The van der Waals surface area contributed by atoms with Crippen molar-refractivity contribution >= 4 is 126 Å². The van der Waals surface area contributed by atoms with Crippen LogP contribution < -0.4 is 27.2 Å². The molecular formula is C51H46Cl6N17O4-. The van der Waals surface area contributed by atoms with E-state index in [2.05, 4.69) is 55.8 Å². The van der Waals surface area contributed by atoms with Crippen molar-refractivity contribution in [1.82, 2.24) is 74.6 Å². The number of likely N-dealkylation sites (N-methyl/N-ethyl adjacent to an activating group) is 2. The Hall–Kier alpha value is -7.86. The normalized spacial score (nSPS) is 10.7. The molecule has 78 heavy (non-hydrogen) atoms. The van der Waals surface area contributed by atoms with Gasteiger partial charge in [0.15, 0.2) is 45.2 Å². The SMILES string of the molecule is C.Cl.[C-]#[N+]c1cc(Cl)cc(Oc2c(Cl)ccc3c2nnn3Cc2nn(C(=O)N(C)CCC)c3ncccc23)c1.[C-]#[N+]c1cc(Cl)cc(Oc2c(Cl)ccc3c2nnn3Cc2nn(C(=O)N(C)CCNC)c3ncccc23)c1.[Cl-]. The number of carbonyl (C=O) groups excluding carboxylic acids is 2. The summed E-state index contributed by atoms with van der Waals surface area (Å²) in [4.78, 5) is 44.9. The first-order valence-electron chi connectivity index (χ1n) is 22.8. The number of pyridine rings is 2. The maximum absolute atomic E-state index is 13.1. The Morgan fingerprint density at radius 2 is 1.10 bits per heavy atom. The summed E-state index contributed by atoms with van der Waals surface area (Å²) in [6.07, 6.45) is 4.08. The average Bonchev–Trinajstić information content (AvgIpc) is 4.23. The maximum Gasteiger partial charge on any atom is 0.346 e. The van der Waals surface area contributed by atoms with Crippen LogP contribution in [0.2, 0.25) is 20.1 Å². The molecule has 0 atom stereocenters. The fourth-order valence-corrected chi connectivity index (χ4v) is 8.74. The molecule has 4 aromatic carbocycles. The molecule has 0 aliphatic carbocycles. The molecule has 0 fully saturated rings. The summed E-state index contributed by atoms with van der Waals surface area (Å²) in [5.74, 6) is 1.28. The second-order valence-corrected chi connectivity index (χ2v) is 18.4. The largest absolute Gasteiger partial charge is 1.00 e. The number of fused-ring (bicyclic) bond motifs is 4. The Bertz CT molecular complexity index is 3900. The fourth-order valence-electron chi connectivity index (χ4n) is 7.92. The van der Waals surface area contributed by atoms with Crippen molar-refractivity contribution < 1.29 is 31.5 Å². The van der Waals surface area contributed by atoms with Crippen LogP contribution in [0.25, 0.3) is 53.8 Å². The zero-order valence-corrected chi connectivity index (χ0v) is 45.7. The van der Waals surface area contributed by atoms with E-state index in [4.69, 9.17) is 69.0 Å². The molecule has 0 aliphatic rings. The first kappa shape index (κ1) is 59.4. The monoisotopic (exact) mass is 1170 g/mol. The molecule has 10 rings (SSSR count). The van der Waals surface area contributed by atoms with Crippen molar-refractivity contribution in [2.24, 2.45) is 0 Å². The maximum atomic E-state index is 13.1. The van der Waals surface area contributed by atoms with Gasteiger partial charge in [0.1, 0.15) is 11.5 Å². The van der Waals surface area contributed by atoms with Crippen LogP contribution in [-0.2, 0) is 13.1 Å². The molecule has 27 heteroatoms. The van der Waals surface area contributed by atoms with Crippen LogP contribution in [0.4, 0.5) is 21.0 Å². The Labute approximate surface area is 479 Å². The number of benzene rings is 4. The van der Waals surface area contributed by atoms with Crippen LogP contribution in [0.3, 0.4) is 0 Å². The molecule has 21 nitrogen and oxygen atoms in total. The summed E-state index contributed by atoms with van der Waals surface area (Å²) >= 11 is 25.2. The number of ether oxygens (including phenoxy) is 2. The van der Waals surface area contributed by atoms with Gasteiger partial charge in [0.05, 0.1) is 58.7 Å². The van der Waals surface area contributed by atoms with E-state index >= 15 is 0 Å². The molecule has 6 heterocycles. The van der Waals surface area contributed by atoms with Crippen molar-refractivity contribution in [3.8, 4) is 23.0 Å². The summed E-state index contributed by atoms with van der Waals surface area (Å²) < 4.78 is 17.9. The number of hydrogen-bond acceptors (Lipinski definition) is 13. The van der Waals surface area contributed by atoms with Crippen LogP contribution in [0.15, 0.2) is 97.3 Å².